The first-order valence-corrected chi connectivity index (χ1v) is 10.8. The van der Waals surface area contributed by atoms with Gasteiger partial charge >= 0.3 is 0 Å². The van der Waals surface area contributed by atoms with Crippen LogP contribution in [-0.4, -0.2) is 48.3 Å². The Labute approximate surface area is 191 Å². The van der Waals surface area contributed by atoms with Gasteiger partial charge < -0.3 is 19.3 Å². The Morgan fingerprint density at radius 3 is 2.72 bits per heavy atom. The van der Waals surface area contributed by atoms with Crippen molar-refractivity contribution in [1.29, 1.82) is 0 Å². The van der Waals surface area contributed by atoms with Crippen LogP contribution in [0.15, 0.2) is 47.0 Å². The summed E-state index contributed by atoms with van der Waals surface area (Å²) < 4.78 is 16.1. The summed E-state index contributed by atoms with van der Waals surface area (Å²) in [6, 6.07) is 12.6. The van der Waals surface area contributed by atoms with E-state index in [2.05, 4.69) is 20.4 Å². The molecule has 1 amide bonds. The fourth-order valence-corrected chi connectivity index (χ4v) is 3.92. The van der Waals surface area contributed by atoms with Crippen LogP contribution in [0.1, 0.15) is 18.7 Å². The Kier molecular flexibility index (Phi) is 6.92. The van der Waals surface area contributed by atoms with Crippen molar-refractivity contribution >= 4 is 23.2 Å². The maximum absolute atomic E-state index is 12.7. The van der Waals surface area contributed by atoms with Crippen molar-refractivity contribution in [2.24, 2.45) is 5.92 Å². The van der Waals surface area contributed by atoms with E-state index in [9.17, 15) is 4.79 Å². The molecule has 0 radical (unpaired) electrons. The highest BCUT2D eigenvalue weighted by Gasteiger charge is 2.27. The second-order valence-electron chi connectivity index (χ2n) is 7.65. The van der Waals surface area contributed by atoms with Crippen molar-refractivity contribution in [3.05, 3.63) is 53.4 Å². The maximum Gasteiger partial charge on any atom is 0.241 e. The summed E-state index contributed by atoms with van der Waals surface area (Å²) in [5.74, 6) is 2.13. The predicted molar refractivity (Wildman–Crippen MR) is 121 cm³/mol. The molecule has 0 aliphatic carbocycles. The zero-order chi connectivity index (χ0) is 22.5. The van der Waals surface area contributed by atoms with Gasteiger partial charge in [0, 0.05) is 22.8 Å². The average molecular weight is 457 g/mol. The average Bonchev–Trinajstić information content (AvgIpc) is 3.28. The lowest BCUT2D eigenvalue weighted by Gasteiger charge is -2.30. The number of methoxy groups -OCH3 is 2. The summed E-state index contributed by atoms with van der Waals surface area (Å²) in [7, 11) is 3.17. The second-order valence-corrected chi connectivity index (χ2v) is 8.09. The molecule has 8 nitrogen and oxygen atoms in total. The highest BCUT2D eigenvalue weighted by molar-refractivity contribution is 6.30. The second kappa shape index (κ2) is 10.0. The first kappa shape index (κ1) is 22.1. The number of anilines is 1. The van der Waals surface area contributed by atoms with Crippen molar-refractivity contribution in [2.45, 2.75) is 19.4 Å². The van der Waals surface area contributed by atoms with Gasteiger partial charge in [-0.3, -0.25) is 9.69 Å². The third-order valence-electron chi connectivity index (χ3n) is 5.46. The number of likely N-dealkylation sites (tertiary alicyclic amines) is 1. The zero-order valence-corrected chi connectivity index (χ0v) is 18.8. The van der Waals surface area contributed by atoms with Gasteiger partial charge in [-0.05, 0) is 61.9 Å². The van der Waals surface area contributed by atoms with Crippen LogP contribution in [0.5, 0.6) is 11.5 Å². The van der Waals surface area contributed by atoms with Gasteiger partial charge in [-0.1, -0.05) is 16.8 Å². The van der Waals surface area contributed by atoms with E-state index < -0.39 is 0 Å². The lowest BCUT2D eigenvalue weighted by molar-refractivity contribution is -0.121. The normalized spacial score (nSPS) is 16.5. The number of benzene rings is 2. The van der Waals surface area contributed by atoms with Crippen LogP contribution in [0, 0.1) is 5.92 Å². The van der Waals surface area contributed by atoms with Gasteiger partial charge in [-0.2, -0.15) is 4.98 Å². The maximum atomic E-state index is 12.7. The fraction of sp³-hybridized carbons (Fsp3) is 0.348. The van der Waals surface area contributed by atoms with Crippen molar-refractivity contribution in [3.63, 3.8) is 0 Å². The van der Waals surface area contributed by atoms with Gasteiger partial charge in [-0.25, -0.2) is 0 Å². The highest BCUT2D eigenvalue weighted by atomic mass is 35.5. The number of carbonyl (C=O) groups excluding carboxylic acids is 1. The summed E-state index contributed by atoms with van der Waals surface area (Å²) in [4.78, 5) is 19.4. The molecule has 168 valence electrons. The van der Waals surface area contributed by atoms with E-state index in [-0.39, 0.29) is 11.8 Å². The molecule has 1 N–H and O–H groups in total. The van der Waals surface area contributed by atoms with Crippen LogP contribution in [-0.2, 0) is 11.3 Å². The topological polar surface area (TPSA) is 89.7 Å². The number of hydrogen-bond acceptors (Lipinski definition) is 7. The van der Waals surface area contributed by atoms with Gasteiger partial charge in [0.1, 0.15) is 0 Å². The first-order valence-electron chi connectivity index (χ1n) is 10.4. The SMILES string of the molecule is COc1ccc(-c2noc(CN3CCC[C@H](C(=O)Nc4ccc(Cl)cc4)C3)n2)cc1OC. The number of halogens is 1. The molecule has 1 aliphatic rings. The number of rotatable bonds is 7. The van der Waals surface area contributed by atoms with Crippen molar-refractivity contribution < 1.29 is 18.8 Å². The van der Waals surface area contributed by atoms with Gasteiger partial charge in [0.25, 0.3) is 0 Å². The van der Waals surface area contributed by atoms with Gasteiger partial charge in [0.15, 0.2) is 11.5 Å². The van der Waals surface area contributed by atoms with Crippen LogP contribution < -0.4 is 14.8 Å². The number of aromatic nitrogens is 2. The lowest BCUT2D eigenvalue weighted by atomic mass is 9.97. The van der Waals surface area contributed by atoms with Gasteiger partial charge in [-0.15, -0.1) is 0 Å². The van der Waals surface area contributed by atoms with E-state index in [4.69, 9.17) is 25.6 Å². The van der Waals surface area contributed by atoms with E-state index >= 15 is 0 Å². The smallest absolute Gasteiger partial charge is 0.241 e. The molecular formula is C23H25ClN4O4. The molecule has 1 atom stereocenters. The molecule has 2 aromatic carbocycles. The number of nitrogens with zero attached hydrogens (tertiary/aromatic N) is 3. The standard InChI is InChI=1S/C23H25ClN4O4/c1-30-19-10-5-15(12-20(19)31-2)22-26-21(32-27-22)14-28-11-3-4-16(13-28)23(29)25-18-8-6-17(24)7-9-18/h5-10,12,16H,3-4,11,13-14H2,1-2H3,(H,25,29)/t16-/m0/s1. The Bertz CT molecular complexity index is 1070. The van der Waals surface area contributed by atoms with Crippen LogP contribution in [0.3, 0.4) is 0 Å². The van der Waals surface area contributed by atoms with E-state index in [1.165, 1.54) is 0 Å². The van der Waals surface area contributed by atoms with Crippen molar-refractivity contribution in [1.82, 2.24) is 15.0 Å². The number of ether oxygens (including phenoxy) is 2. The van der Waals surface area contributed by atoms with Crippen LogP contribution >= 0.6 is 11.6 Å². The third-order valence-corrected chi connectivity index (χ3v) is 5.71. The summed E-state index contributed by atoms with van der Waals surface area (Å²) in [6.45, 7) is 2.00. The number of nitrogens with one attached hydrogen (secondary N) is 1. The quantitative estimate of drug-likeness (QED) is 0.568. The number of piperidine rings is 1. The van der Waals surface area contributed by atoms with Crippen molar-refractivity contribution in [2.75, 3.05) is 32.6 Å². The molecule has 0 spiro atoms. The molecule has 9 heteroatoms. The summed E-state index contributed by atoms with van der Waals surface area (Å²) >= 11 is 5.91. The number of amides is 1. The van der Waals surface area contributed by atoms with Crippen LogP contribution in [0.25, 0.3) is 11.4 Å². The van der Waals surface area contributed by atoms with E-state index in [0.29, 0.717) is 41.3 Å². The first-order chi connectivity index (χ1) is 15.6. The van der Waals surface area contributed by atoms with Crippen molar-refractivity contribution in [3.8, 4) is 22.9 Å². The molecule has 1 saturated heterocycles. The largest absolute Gasteiger partial charge is 0.493 e. The monoisotopic (exact) mass is 456 g/mol. The molecule has 0 bridgehead atoms. The molecule has 1 aromatic heterocycles. The van der Waals surface area contributed by atoms with E-state index in [1.54, 1.807) is 44.6 Å². The number of carbonyl (C=O) groups is 1. The minimum atomic E-state index is -0.104. The van der Waals surface area contributed by atoms with E-state index in [1.807, 2.05) is 12.1 Å². The van der Waals surface area contributed by atoms with Crippen LogP contribution in [0.2, 0.25) is 5.02 Å². The molecule has 1 aliphatic heterocycles. The minimum absolute atomic E-state index is 0.00793. The molecule has 0 saturated carbocycles. The highest BCUT2D eigenvalue weighted by Crippen LogP contribution is 2.31. The summed E-state index contributed by atoms with van der Waals surface area (Å²) in [5, 5.41) is 7.71. The molecular weight excluding hydrogens is 432 g/mol. The molecule has 32 heavy (non-hydrogen) atoms. The lowest BCUT2D eigenvalue weighted by Crippen LogP contribution is -2.40. The Balaban J connectivity index is 1.38. The fourth-order valence-electron chi connectivity index (χ4n) is 3.79. The Morgan fingerprint density at radius 1 is 1.19 bits per heavy atom. The minimum Gasteiger partial charge on any atom is -0.493 e. The zero-order valence-electron chi connectivity index (χ0n) is 18.0. The molecule has 4 rings (SSSR count). The molecule has 0 unspecified atom stereocenters. The predicted octanol–water partition coefficient (Wildman–Crippen LogP) is 4.26. The molecule has 1 fully saturated rings. The van der Waals surface area contributed by atoms with Gasteiger partial charge in [0.2, 0.25) is 17.6 Å². The van der Waals surface area contributed by atoms with E-state index in [0.717, 1.165) is 30.6 Å². The molecule has 2 heterocycles. The summed E-state index contributed by atoms with van der Waals surface area (Å²) in [6.07, 6.45) is 1.77. The Hall–Kier alpha value is -3.10. The molecule has 3 aromatic rings. The third kappa shape index (κ3) is 5.20. The number of hydrogen-bond donors (Lipinski definition) is 1. The Morgan fingerprint density at radius 2 is 1.97 bits per heavy atom. The van der Waals surface area contributed by atoms with Crippen LogP contribution in [0.4, 0.5) is 5.69 Å². The summed E-state index contributed by atoms with van der Waals surface area (Å²) in [5.41, 5.74) is 1.52. The van der Waals surface area contributed by atoms with Gasteiger partial charge in [0.05, 0.1) is 26.7 Å².